The molecule has 0 aromatic heterocycles. The van der Waals surface area contributed by atoms with Crippen LogP contribution in [-0.2, 0) is 0 Å². The van der Waals surface area contributed by atoms with Crippen LogP contribution in [0.25, 0.3) is 0 Å². The molecule has 0 unspecified atom stereocenters. The van der Waals surface area contributed by atoms with Gasteiger partial charge in [-0.05, 0) is 38.1 Å². The predicted octanol–water partition coefficient (Wildman–Crippen LogP) is 1.63. The molecule has 0 radical (unpaired) electrons. The maximum absolute atomic E-state index is 11.4. The molecule has 2 aromatic rings. The Balaban J connectivity index is 2.22. The van der Waals surface area contributed by atoms with Crippen molar-refractivity contribution in [2.45, 2.75) is 13.8 Å². The van der Waals surface area contributed by atoms with Gasteiger partial charge >= 0.3 is 0 Å². The van der Waals surface area contributed by atoms with Gasteiger partial charge in [-0.25, -0.2) is 0 Å². The van der Waals surface area contributed by atoms with E-state index in [2.05, 4.69) is 5.32 Å². The first-order valence-corrected chi connectivity index (χ1v) is 5.88. The lowest BCUT2D eigenvalue weighted by atomic mass is 10.1. The fourth-order valence-corrected chi connectivity index (χ4v) is 1.70. The van der Waals surface area contributed by atoms with Crippen LogP contribution in [0.4, 0.5) is 11.4 Å². The van der Waals surface area contributed by atoms with Crippen LogP contribution in [0.3, 0.4) is 0 Å². The van der Waals surface area contributed by atoms with Crippen LogP contribution >= 0.6 is 0 Å². The van der Waals surface area contributed by atoms with Crippen molar-refractivity contribution in [3.05, 3.63) is 50.3 Å². The summed E-state index contributed by atoms with van der Waals surface area (Å²) < 4.78 is 5.10. The lowest BCUT2D eigenvalue weighted by Crippen LogP contribution is -2.35. The van der Waals surface area contributed by atoms with E-state index in [9.17, 15) is 14.4 Å². The first kappa shape index (κ1) is 13.0. The van der Waals surface area contributed by atoms with Gasteiger partial charge in [-0.3, -0.25) is 14.4 Å². The Hall–Kier alpha value is -2.43. The van der Waals surface area contributed by atoms with Crippen LogP contribution in [0, 0.1) is 0 Å². The Morgan fingerprint density at radius 3 is 2.32 bits per heavy atom. The van der Waals surface area contributed by atoms with E-state index in [1.165, 1.54) is 6.92 Å². The molecule has 0 aliphatic carbocycles. The number of hydrogen-bond acceptors (Lipinski definition) is 5. The standard InChI is InChI=1S/C14H13NO4/c1-3-19-14-11(12(17)13(14)18)15-10-6-4-9(5-7-10)8(2)16/h4-7,15H,3H2,1-2H3. The van der Waals surface area contributed by atoms with Gasteiger partial charge in [-0.15, -0.1) is 0 Å². The van der Waals surface area contributed by atoms with E-state index in [1.54, 1.807) is 31.2 Å². The molecule has 0 bridgehead atoms. The monoisotopic (exact) mass is 259 g/mol. The Kier molecular flexibility index (Phi) is 3.46. The summed E-state index contributed by atoms with van der Waals surface area (Å²) in [6.45, 7) is 3.54. The van der Waals surface area contributed by atoms with Crippen molar-refractivity contribution in [1.82, 2.24) is 0 Å². The highest BCUT2D eigenvalue weighted by atomic mass is 16.5. The average Bonchev–Trinajstić information content (AvgIpc) is 2.42. The second-order valence-corrected chi connectivity index (χ2v) is 4.05. The van der Waals surface area contributed by atoms with Crippen LogP contribution in [0.15, 0.2) is 33.9 Å². The van der Waals surface area contributed by atoms with Gasteiger partial charge in [0.1, 0.15) is 5.69 Å². The van der Waals surface area contributed by atoms with Crippen LogP contribution < -0.4 is 20.9 Å². The van der Waals surface area contributed by atoms with Gasteiger partial charge in [0.25, 0.3) is 10.9 Å². The van der Waals surface area contributed by atoms with Crippen LogP contribution in [0.5, 0.6) is 5.75 Å². The zero-order valence-corrected chi connectivity index (χ0v) is 10.6. The summed E-state index contributed by atoms with van der Waals surface area (Å²) in [5, 5.41) is 2.83. The number of carbonyl (C=O) groups is 1. The summed E-state index contributed by atoms with van der Waals surface area (Å²) in [5.74, 6) is 0.0406. The van der Waals surface area contributed by atoms with Crippen LogP contribution in [0.2, 0.25) is 0 Å². The van der Waals surface area contributed by atoms with Gasteiger partial charge < -0.3 is 10.1 Å². The predicted molar refractivity (Wildman–Crippen MR) is 72.3 cm³/mol. The number of Topliss-reactive ketones (excluding diaryl/α,β-unsaturated/α-hetero) is 1. The third kappa shape index (κ3) is 2.40. The van der Waals surface area contributed by atoms with E-state index < -0.39 is 10.9 Å². The quantitative estimate of drug-likeness (QED) is 0.652. The van der Waals surface area contributed by atoms with E-state index in [-0.39, 0.29) is 17.2 Å². The molecule has 98 valence electrons. The molecule has 2 rings (SSSR count). The molecule has 19 heavy (non-hydrogen) atoms. The normalized spacial score (nSPS) is 10.4. The number of hydrogen-bond donors (Lipinski definition) is 1. The maximum atomic E-state index is 11.4. The molecule has 2 aromatic carbocycles. The number of ketones is 1. The summed E-state index contributed by atoms with van der Waals surface area (Å²) in [7, 11) is 0. The summed E-state index contributed by atoms with van der Waals surface area (Å²) in [4.78, 5) is 33.8. The lowest BCUT2D eigenvalue weighted by molar-refractivity contribution is 0.101. The fourth-order valence-electron chi connectivity index (χ4n) is 1.70. The minimum Gasteiger partial charge on any atom is -0.488 e. The average molecular weight is 259 g/mol. The van der Waals surface area contributed by atoms with Gasteiger partial charge in [0.05, 0.1) is 6.61 Å². The third-order valence-electron chi connectivity index (χ3n) is 2.72. The zero-order valence-electron chi connectivity index (χ0n) is 10.6. The Labute approximate surface area is 109 Å². The molecule has 0 aliphatic heterocycles. The van der Waals surface area contributed by atoms with Crippen LogP contribution in [-0.4, -0.2) is 12.4 Å². The largest absolute Gasteiger partial charge is 0.488 e. The van der Waals surface area contributed by atoms with Crippen molar-refractivity contribution in [1.29, 1.82) is 0 Å². The molecule has 1 N–H and O–H groups in total. The van der Waals surface area contributed by atoms with E-state index in [1.807, 2.05) is 0 Å². The molecule has 0 atom stereocenters. The molecule has 0 heterocycles. The number of nitrogens with one attached hydrogen (secondary N) is 1. The van der Waals surface area contributed by atoms with Crippen molar-refractivity contribution in [3.63, 3.8) is 0 Å². The number of benzene rings is 1. The summed E-state index contributed by atoms with van der Waals surface area (Å²) in [6, 6.07) is 6.64. The number of ether oxygens (including phenoxy) is 1. The highest BCUT2D eigenvalue weighted by molar-refractivity contribution is 5.94. The molecule has 0 saturated heterocycles. The first-order valence-electron chi connectivity index (χ1n) is 5.88. The van der Waals surface area contributed by atoms with Gasteiger partial charge in [0, 0.05) is 11.3 Å². The summed E-state index contributed by atoms with van der Waals surface area (Å²) in [5.41, 5.74) is 0.185. The maximum Gasteiger partial charge on any atom is 0.272 e. The Morgan fingerprint density at radius 1 is 1.16 bits per heavy atom. The third-order valence-corrected chi connectivity index (χ3v) is 2.72. The lowest BCUT2D eigenvalue weighted by Gasteiger charge is -2.13. The molecule has 0 saturated carbocycles. The van der Waals surface area contributed by atoms with Gasteiger partial charge in [0.2, 0.25) is 0 Å². The molecule has 0 aliphatic rings. The van der Waals surface area contributed by atoms with Gasteiger partial charge in [-0.2, -0.15) is 0 Å². The topological polar surface area (TPSA) is 72.5 Å². The Morgan fingerprint density at radius 2 is 1.79 bits per heavy atom. The molecule has 0 amide bonds. The molecule has 0 spiro atoms. The number of anilines is 2. The Bertz CT molecular complexity index is 678. The van der Waals surface area contributed by atoms with Crippen molar-refractivity contribution in [3.8, 4) is 5.75 Å². The molecular weight excluding hydrogens is 246 g/mol. The summed E-state index contributed by atoms with van der Waals surface area (Å²) >= 11 is 0. The van der Waals surface area contributed by atoms with E-state index in [0.717, 1.165) is 0 Å². The number of carbonyl (C=O) groups excluding carboxylic acids is 1. The van der Waals surface area contributed by atoms with Crippen molar-refractivity contribution in [2.24, 2.45) is 0 Å². The highest BCUT2D eigenvalue weighted by Gasteiger charge is 2.22. The van der Waals surface area contributed by atoms with Crippen LogP contribution in [0.1, 0.15) is 24.2 Å². The second kappa shape index (κ2) is 5.06. The smallest absolute Gasteiger partial charge is 0.272 e. The summed E-state index contributed by atoms with van der Waals surface area (Å²) in [6.07, 6.45) is 0. The van der Waals surface area contributed by atoms with Gasteiger partial charge in [-0.1, -0.05) is 0 Å². The van der Waals surface area contributed by atoms with Crippen molar-refractivity contribution in [2.75, 3.05) is 11.9 Å². The molecule has 5 nitrogen and oxygen atoms in total. The van der Waals surface area contributed by atoms with E-state index >= 15 is 0 Å². The van der Waals surface area contributed by atoms with E-state index in [4.69, 9.17) is 4.74 Å². The second-order valence-electron chi connectivity index (χ2n) is 4.05. The minimum absolute atomic E-state index is 0.0318. The molecular formula is C14H13NO4. The van der Waals surface area contributed by atoms with Crippen molar-refractivity contribution < 1.29 is 9.53 Å². The van der Waals surface area contributed by atoms with E-state index in [0.29, 0.717) is 17.9 Å². The first-order chi connectivity index (χ1) is 9.04. The minimum atomic E-state index is -0.607. The van der Waals surface area contributed by atoms with Crippen molar-refractivity contribution >= 4 is 17.2 Å². The SMILES string of the molecule is CCOc1c(Nc2ccc(C(C)=O)cc2)c(=O)c1=O. The number of rotatable bonds is 5. The highest BCUT2D eigenvalue weighted by Crippen LogP contribution is 2.22. The fraction of sp³-hybridized carbons (Fsp3) is 0.214. The zero-order chi connectivity index (χ0) is 14.0. The van der Waals surface area contributed by atoms with Gasteiger partial charge in [0.15, 0.2) is 11.5 Å². The molecule has 5 heteroatoms. The molecule has 0 fully saturated rings.